The van der Waals surface area contributed by atoms with Crippen molar-refractivity contribution in [3.05, 3.63) is 69.0 Å². The number of rotatable bonds is 2. The summed E-state index contributed by atoms with van der Waals surface area (Å²) in [6, 6.07) is 9.15. The van der Waals surface area contributed by atoms with E-state index in [1.54, 1.807) is 0 Å². The average Bonchev–Trinajstić information content (AvgIpc) is 2.86. The van der Waals surface area contributed by atoms with Gasteiger partial charge in [0.15, 0.2) is 11.6 Å². The summed E-state index contributed by atoms with van der Waals surface area (Å²) in [5, 5.41) is 13.1. The molecule has 0 aliphatic carbocycles. The maximum atomic E-state index is 13.3. The molecule has 1 nitrogen and oxygen atoms in total. The van der Waals surface area contributed by atoms with Gasteiger partial charge < -0.3 is 5.11 Å². The van der Waals surface area contributed by atoms with Crippen molar-refractivity contribution in [1.29, 1.82) is 0 Å². The molecule has 0 fully saturated rings. The molecule has 1 aromatic heterocycles. The summed E-state index contributed by atoms with van der Waals surface area (Å²) < 4.78 is 28.2. The number of hydrogen-bond acceptors (Lipinski definition) is 2. The van der Waals surface area contributed by atoms with Crippen LogP contribution >= 0.6 is 27.3 Å². The fourth-order valence-electron chi connectivity index (χ4n) is 2.12. The van der Waals surface area contributed by atoms with Crippen molar-refractivity contribution in [2.24, 2.45) is 0 Å². The van der Waals surface area contributed by atoms with Gasteiger partial charge in [-0.15, -0.1) is 11.3 Å². The number of aliphatic hydroxyl groups is 1. The molecule has 1 heterocycles. The van der Waals surface area contributed by atoms with Crippen molar-refractivity contribution in [2.45, 2.75) is 6.10 Å². The highest BCUT2D eigenvalue weighted by molar-refractivity contribution is 9.10. The number of aliphatic hydroxyl groups excluding tert-OH is 1. The van der Waals surface area contributed by atoms with Gasteiger partial charge in [-0.2, -0.15) is 0 Å². The molecule has 0 radical (unpaired) electrons. The Bertz CT molecular complexity index is 785. The number of fused-ring (bicyclic) bond motifs is 1. The van der Waals surface area contributed by atoms with Crippen LogP contribution in [-0.4, -0.2) is 5.11 Å². The molecule has 5 heteroatoms. The summed E-state index contributed by atoms with van der Waals surface area (Å²) in [7, 11) is 0. The highest BCUT2D eigenvalue weighted by atomic mass is 79.9. The lowest BCUT2D eigenvalue weighted by Crippen LogP contribution is -2.00. The summed E-state index contributed by atoms with van der Waals surface area (Å²) in [5.41, 5.74) is 1.03. The molecule has 0 bridgehead atoms. The summed E-state index contributed by atoms with van der Waals surface area (Å²) >= 11 is 4.95. The Labute approximate surface area is 126 Å². The zero-order valence-corrected chi connectivity index (χ0v) is 12.5. The number of hydrogen-bond donors (Lipinski definition) is 1. The van der Waals surface area contributed by atoms with Gasteiger partial charge >= 0.3 is 0 Å². The van der Waals surface area contributed by atoms with Crippen molar-refractivity contribution >= 4 is 37.4 Å². The predicted molar refractivity (Wildman–Crippen MR) is 79.9 cm³/mol. The summed E-state index contributed by atoms with van der Waals surface area (Å²) in [6.45, 7) is 0. The monoisotopic (exact) mass is 354 g/mol. The van der Waals surface area contributed by atoms with E-state index in [0.29, 0.717) is 11.1 Å². The second-order valence-electron chi connectivity index (χ2n) is 4.38. The van der Waals surface area contributed by atoms with Crippen LogP contribution in [0.4, 0.5) is 8.78 Å². The van der Waals surface area contributed by atoms with E-state index in [1.807, 2.05) is 23.6 Å². The SMILES string of the molecule is OC(c1ccc(F)c(F)c1)c1csc2c(Br)cccc12. The minimum absolute atomic E-state index is 0.337. The smallest absolute Gasteiger partial charge is 0.159 e. The van der Waals surface area contributed by atoms with E-state index in [0.717, 1.165) is 26.7 Å². The molecule has 3 aromatic rings. The largest absolute Gasteiger partial charge is 0.384 e. The second-order valence-corrected chi connectivity index (χ2v) is 6.12. The van der Waals surface area contributed by atoms with E-state index in [-0.39, 0.29) is 0 Å². The van der Waals surface area contributed by atoms with E-state index < -0.39 is 17.7 Å². The van der Waals surface area contributed by atoms with Crippen LogP contribution in [0.3, 0.4) is 0 Å². The van der Waals surface area contributed by atoms with Crippen molar-refractivity contribution in [3.8, 4) is 0 Å². The minimum atomic E-state index is -0.979. The zero-order valence-electron chi connectivity index (χ0n) is 10.1. The van der Waals surface area contributed by atoms with Gasteiger partial charge in [-0.05, 0) is 50.5 Å². The topological polar surface area (TPSA) is 20.2 Å². The summed E-state index contributed by atoms with van der Waals surface area (Å²) in [5.74, 6) is -1.87. The van der Waals surface area contributed by atoms with Crippen LogP contribution < -0.4 is 0 Å². The van der Waals surface area contributed by atoms with Crippen LogP contribution in [0, 0.1) is 11.6 Å². The van der Waals surface area contributed by atoms with Gasteiger partial charge in [0.2, 0.25) is 0 Å². The maximum Gasteiger partial charge on any atom is 0.159 e. The van der Waals surface area contributed by atoms with Gasteiger partial charge in [0.05, 0.1) is 0 Å². The third kappa shape index (κ3) is 2.26. The summed E-state index contributed by atoms with van der Waals surface area (Å²) in [4.78, 5) is 0. The molecule has 0 aliphatic rings. The molecule has 1 N–H and O–H groups in total. The van der Waals surface area contributed by atoms with Crippen LogP contribution in [0.15, 0.2) is 46.3 Å². The molecular weight excluding hydrogens is 346 g/mol. The number of halogens is 3. The Morgan fingerprint density at radius 2 is 1.90 bits per heavy atom. The van der Waals surface area contributed by atoms with Crippen molar-refractivity contribution in [3.63, 3.8) is 0 Å². The lowest BCUT2D eigenvalue weighted by Gasteiger charge is -2.11. The molecule has 102 valence electrons. The fraction of sp³-hybridized carbons (Fsp3) is 0.0667. The Morgan fingerprint density at radius 1 is 1.10 bits per heavy atom. The van der Waals surface area contributed by atoms with Gasteiger partial charge in [0.1, 0.15) is 6.10 Å². The van der Waals surface area contributed by atoms with E-state index in [4.69, 9.17) is 0 Å². The quantitative estimate of drug-likeness (QED) is 0.684. The molecule has 0 spiro atoms. The standard InChI is InChI=1S/C15H9BrF2OS/c16-11-3-1-2-9-10(7-20-15(9)11)14(19)8-4-5-12(17)13(18)6-8/h1-7,14,19H. The first-order valence-electron chi connectivity index (χ1n) is 5.86. The van der Waals surface area contributed by atoms with Gasteiger partial charge in [0, 0.05) is 14.7 Å². The van der Waals surface area contributed by atoms with Crippen LogP contribution in [0.2, 0.25) is 0 Å². The first kappa shape index (κ1) is 13.7. The van der Waals surface area contributed by atoms with Gasteiger partial charge in [-0.25, -0.2) is 8.78 Å². The molecule has 2 aromatic carbocycles. The van der Waals surface area contributed by atoms with Crippen LogP contribution in [0.1, 0.15) is 17.2 Å². The first-order chi connectivity index (χ1) is 9.58. The Hall–Kier alpha value is -1.30. The summed E-state index contributed by atoms with van der Waals surface area (Å²) in [6.07, 6.45) is -0.979. The maximum absolute atomic E-state index is 13.3. The third-order valence-corrected chi connectivity index (χ3v) is 5.11. The Balaban J connectivity index is 2.10. The molecule has 3 rings (SSSR count). The van der Waals surface area contributed by atoms with Gasteiger partial charge in [-0.1, -0.05) is 18.2 Å². The van der Waals surface area contributed by atoms with Gasteiger partial charge in [-0.3, -0.25) is 0 Å². The normalized spacial score (nSPS) is 12.8. The molecule has 20 heavy (non-hydrogen) atoms. The van der Waals surface area contributed by atoms with Crippen LogP contribution in [-0.2, 0) is 0 Å². The zero-order chi connectivity index (χ0) is 14.3. The van der Waals surface area contributed by atoms with Crippen molar-refractivity contribution < 1.29 is 13.9 Å². The molecular formula is C15H9BrF2OS. The van der Waals surface area contributed by atoms with Crippen LogP contribution in [0.5, 0.6) is 0 Å². The molecule has 1 atom stereocenters. The van der Waals surface area contributed by atoms with Crippen LogP contribution in [0.25, 0.3) is 10.1 Å². The van der Waals surface area contributed by atoms with E-state index in [2.05, 4.69) is 15.9 Å². The highest BCUT2D eigenvalue weighted by Crippen LogP contribution is 2.37. The third-order valence-electron chi connectivity index (χ3n) is 3.14. The van der Waals surface area contributed by atoms with Crippen molar-refractivity contribution in [2.75, 3.05) is 0 Å². The first-order valence-corrected chi connectivity index (χ1v) is 7.54. The molecule has 0 aliphatic heterocycles. The second kappa shape index (κ2) is 5.24. The Kier molecular flexibility index (Phi) is 3.58. The average molecular weight is 355 g/mol. The Morgan fingerprint density at radius 3 is 2.65 bits per heavy atom. The van der Waals surface area contributed by atoms with Crippen molar-refractivity contribution in [1.82, 2.24) is 0 Å². The highest BCUT2D eigenvalue weighted by Gasteiger charge is 2.17. The van der Waals surface area contributed by atoms with E-state index >= 15 is 0 Å². The molecule has 0 saturated carbocycles. The van der Waals surface area contributed by atoms with E-state index in [1.165, 1.54) is 17.4 Å². The predicted octanol–water partition coefficient (Wildman–Crippen LogP) is 5.02. The lowest BCUT2D eigenvalue weighted by atomic mass is 10.0. The van der Waals surface area contributed by atoms with E-state index in [9.17, 15) is 13.9 Å². The lowest BCUT2D eigenvalue weighted by molar-refractivity contribution is 0.221. The molecule has 0 amide bonds. The number of benzene rings is 2. The van der Waals surface area contributed by atoms with Gasteiger partial charge in [0.25, 0.3) is 0 Å². The number of thiophene rings is 1. The minimum Gasteiger partial charge on any atom is -0.384 e. The fourth-order valence-corrected chi connectivity index (χ4v) is 3.76. The molecule has 1 unspecified atom stereocenters. The molecule has 0 saturated heterocycles.